The van der Waals surface area contributed by atoms with Crippen molar-refractivity contribution in [3.8, 4) is 22.8 Å². The van der Waals surface area contributed by atoms with E-state index < -0.39 is 0 Å². The molecule has 0 radical (unpaired) electrons. The first kappa shape index (κ1) is 16.2. The molecule has 0 aliphatic rings. The van der Waals surface area contributed by atoms with E-state index in [2.05, 4.69) is 6.92 Å². The summed E-state index contributed by atoms with van der Waals surface area (Å²) in [6, 6.07) is 9.62. The third-order valence-corrected chi connectivity index (χ3v) is 3.98. The number of benzene rings is 1. The zero-order chi connectivity index (χ0) is 16.9. The third kappa shape index (κ3) is 3.30. The van der Waals surface area contributed by atoms with Crippen LogP contribution in [0.15, 0.2) is 42.7 Å². The summed E-state index contributed by atoms with van der Waals surface area (Å²) in [6.45, 7) is 2.90. The molecule has 24 heavy (non-hydrogen) atoms. The molecule has 3 rings (SSSR count). The van der Waals surface area contributed by atoms with Gasteiger partial charge in [-0.2, -0.15) is 0 Å². The van der Waals surface area contributed by atoms with Gasteiger partial charge in [0.15, 0.2) is 11.4 Å². The zero-order valence-corrected chi connectivity index (χ0v) is 14.2. The summed E-state index contributed by atoms with van der Waals surface area (Å²) in [5.41, 5.74) is 9.23. The molecule has 0 aliphatic carbocycles. The number of nitrogens with zero attached hydrogens (tertiary/aromatic N) is 2. The first-order valence-corrected chi connectivity index (χ1v) is 8.27. The Bertz CT molecular complexity index is 827. The number of hydrogen-bond acceptors (Lipinski definition) is 4. The number of anilines is 1. The molecule has 126 valence electrons. The largest absolute Gasteiger partial charge is 0.495 e. The Morgan fingerprint density at radius 1 is 1.17 bits per heavy atom. The van der Waals surface area contributed by atoms with Crippen molar-refractivity contribution in [2.75, 3.05) is 19.5 Å². The number of hydrogen-bond donors (Lipinski definition) is 1. The van der Waals surface area contributed by atoms with Crippen molar-refractivity contribution in [1.82, 2.24) is 9.38 Å². The van der Waals surface area contributed by atoms with E-state index in [0.717, 1.165) is 29.1 Å². The van der Waals surface area contributed by atoms with Crippen molar-refractivity contribution < 1.29 is 9.47 Å². The average Bonchev–Trinajstić information content (AvgIpc) is 3.03. The lowest BCUT2D eigenvalue weighted by Gasteiger charge is -2.06. The second-order valence-electron chi connectivity index (χ2n) is 5.74. The van der Waals surface area contributed by atoms with Crippen LogP contribution in [0.2, 0.25) is 0 Å². The van der Waals surface area contributed by atoms with Crippen LogP contribution in [-0.4, -0.2) is 23.1 Å². The van der Waals surface area contributed by atoms with Gasteiger partial charge < -0.3 is 19.6 Å². The van der Waals surface area contributed by atoms with Gasteiger partial charge in [-0.3, -0.25) is 0 Å². The van der Waals surface area contributed by atoms with E-state index in [1.54, 1.807) is 7.11 Å². The van der Waals surface area contributed by atoms with Crippen LogP contribution in [0.5, 0.6) is 11.5 Å². The number of aromatic nitrogens is 2. The van der Waals surface area contributed by atoms with Gasteiger partial charge >= 0.3 is 0 Å². The van der Waals surface area contributed by atoms with Gasteiger partial charge in [-0.05, 0) is 36.8 Å². The van der Waals surface area contributed by atoms with E-state index in [0.29, 0.717) is 18.0 Å². The number of fused-ring (bicyclic) bond motifs is 1. The van der Waals surface area contributed by atoms with E-state index in [9.17, 15) is 0 Å². The summed E-state index contributed by atoms with van der Waals surface area (Å²) in [4.78, 5) is 4.72. The molecule has 0 fully saturated rings. The number of imidazole rings is 1. The second kappa shape index (κ2) is 7.25. The summed E-state index contributed by atoms with van der Waals surface area (Å²) < 4.78 is 13.1. The Kier molecular flexibility index (Phi) is 4.89. The lowest BCUT2D eigenvalue weighted by molar-refractivity contribution is 0.308. The SMILES string of the molecule is CCCCCOc1cccn2cc(-c3ccc(OC)c(N)c3)nc12. The molecule has 0 atom stereocenters. The summed E-state index contributed by atoms with van der Waals surface area (Å²) in [5, 5.41) is 0. The molecule has 0 saturated carbocycles. The van der Waals surface area contributed by atoms with Gasteiger partial charge in [0, 0.05) is 18.0 Å². The van der Waals surface area contributed by atoms with E-state index >= 15 is 0 Å². The topological polar surface area (TPSA) is 61.8 Å². The first-order chi connectivity index (χ1) is 11.7. The number of unbranched alkanes of at least 4 members (excludes halogenated alkanes) is 2. The number of nitrogens with two attached hydrogens (primary N) is 1. The smallest absolute Gasteiger partial charge is 0.180 e. The molecule has 0 bridgehead atoms. The van der Waals surface area contributed by atoms with Crippen molar-refractivity contribution in [3.63, 3.8) is 0 Å². The van der Waals surface area contributed by atoms with E-state index in [1.165, 1.54) is 12.8 Å². The first-order valence-electron chi connectivity index (χ1n) is 8.27. The maximum Gasteiger partial charge on any atom is 0.180 e. The summed E-state index contributed by atoms with van der Waals surface area (Å²) in [6.07, 6.45) is 7.36. The normalized spacial score (nSPS) is 10.9. The summed E-state index contributed by atoms with van der Waals surface area (Å²) in [7, 11) is 1.61. The minimum absolute atomic E-state index is 0.600. The van der Waals surface area contributed by atoms with Crippen molar-refractivity contribution >= 4 is 11.3 Å². The lowest BCUT2D eigenvalue weighted by Crippen LogP contribution is -1.99. The fraction of sp³-hybridized carbons (Fsp3) is 0.316. The number of nitrogen functional groups attached to an aromatic ring is 1. The monoisotopic (exact) mass is 325 g/mol. The Balaban J connectivity index is 1.89. The van der Waals surface area contributed by atoms with E-state index in [1.807, 2.05) is 47.1 Å². The van der Waals surface area contributed by atoms with E-state index in [-0.39, 0.29) is 0 Å². The molecule has 0 saturated heterocycles. The molecule has 0 unspecified atom stereocenters. The standard InChI is InChI=1S/C19H23N3O2/c1-3-4-5-11-24-18-7-6-10-22-13-16(21-19(18)22)14-8-9-17(23-2)15(20)12-14/h6-10,12-13H,3-5,11,20H2,1-2H3. The number of pyridine rings is 1. The van der Waals surface area contributed by atoms with Gasteiger partial charge in [0.1, 0.15) is 5.75 Å². The fourth-order valence-corrected chi connectivity index (χ4v) is 2.67. The molecule has 5 heteroatoms. The molecule has 0 spiro atoms. The predicted molar refractivity (Wildman–Crippen MR) is 96.6 cm³/mol. The molecule has 2 heterocycles. The fourth-order valence-electron chi connectivity index (χ4n) is 2.67. The highest BCUT2D eigenvalue weighted by Gasteiger charge is 2.10. The quantitative estimate of drug-likeness (QED) is 0.523. The van der Waals surface area contributed by atoms with Crippen LogP contribution in [0.3, 0.4) is 0 Å². The van der Waals surface area contributed by atoms with Crippen molar-refractivity contribution in [2.24, 2.45) is 0 Å². The molecule has 3 aromatic rings. The minimum Gasteiger partial charge on any atom is -0.495 e. The number of rotatable bonds is 7. The predicted octanol–water partition coefficient (Wildman–Crippen LogP) is 4.16. The molecule has 0 amide bonds. The Hall–Kier alpha value is -2.69. The summed E-state index contributed by atoms with van der Waals surface area (Å²) in [5.74, 6) is 1.48. The van der Waals surface area contributed by atoms with Crippen LogP contribution in [0.4, 0.5) is 5.69 Å². The van der Waals surface area contributed by atoms with E-state index in [4.69, 9.17) is 20.2 Å². The Labute approximate surface area is 142 Å². The molecule has 2 aromatic heterocycles. The van der Waals surface area contributed by atoms with Crippen molar-refractivity contribution in [2.45, 2.75) is 26.2 Å². The van der Waals surface area contributed by atoms with Crippen LogP contribution in [0.25, 0.3) is 16.9 Å². The van der Waals surface area contributed by atoms with Crippen LogP contribution in [0, 0.1) is 0 Å². The second-order valence-corrected chi connectivity index (χ2v) is 5.74. The maximum atomic E-state index is 6.00. The molecule has 5 nitrogen and oxygen atoms in total. The molecule has 1 aromatic carbocycles. The van der Waals surface area contributed by atoms with Crippen molar-refractivity contribution in [1.29, 1.82) is 0 Å². The highest BCUT2D eigenvalue weighted by atomic mass is 16.5. The molecular formula is C19H23N3O2. The number of ether oxygens (including phenoxy) is 2. The number of methoxy groups -OCH3 is 1. The van der Waals surface area contributed by atoms with Crippen LogP contribution < -0.4 is 15.2 Å². The third-order valence-electron chi connectivity index (χ3n) is 3.98. The van der Waals surface area contributed by atoms with Crippen molar-refractivity contribution in [3.05, 3.63) is 42.7 Å². The van der Waals surface area contributed by atoms with Gasteiger partial charge in [0.2, 0.25) is 0 Å². The lowest BCUT2D eigenvalue weighted by atomic mass is 10.1. The Morgan fingerprint density at radius 2 is 2.04 bits per heavy atom. The Morgan fingerprint density at radius 3 is 2.79 bits per heavy atom. The van der Waals surface area contributed by atoms with Crippen LogP contribution in [-0.2, 0) is 0 Å². The van der Waals surface area contributed by atoms with Crippen LogP contribution >= 0.6 is 0 Å². The highest BCUT2D eigenvalue weighted by Crippen LogP contribution is 2.29. The molecule has 0 aliphatic heterocycles. The molecular weight excluding hydrogens is 302 g/mol. The highest BCUT2D eigenvalue weighted by molar-refractivity contribution is 5.71. The maximum absolute atomic E-state index is 6.00. The van der Waals surface area contributed by atoms with Crippen LogP contribution in [0.1, 0.15) is 26.2 Å². The minimum atomic E-state index is 0.600. The van der Waals surface area contributed by atoms with Gasteiger partial charge in [-0.15, -0.1) is 0 Å². The summed E-state index contributed by atoms with van der Waals surface area (Å²) >= 11 is 0. The van der Waals surface area contributed by atoms with Gasteiger partial charge in [0.25, 0.3) is 0 Å². The molecule has 2 N–H and O–H groups in total. The van der Waals surface area contributed by atoms with Gasteiger partial charge in [-0.1, -0.05) is 19.8 Å². The van der Waals surface area contributed by atoms with Gasteiger partial charge in [-0.25, -0.2) is 4.98 Å². The zero-order valence-electron chi connectivity index (χ0n) is 14.2. The average molecular weight is 325 g/mol. The van der Waals surface area contributed by atoms with Gasteiger partial charge in [0.05, 0.1) is 25.1 Å².